The van der Waals surface area contributed by atoms with E-state index in [1.54, 1.807) is 0 Å². The van der Waals surface area contributed by atoms with E-state index in [1.807, 2.05) is 25.4 Å². The van der Waals surface area contributed by atoms with Crippen LogP contribution in [-0.2, 0) is 11.2 Å². The molecule has 25 heavy (non-hydrogen) atoms. The van der Waals surface area contributed by atoms with Gasteiger partial charge in [-0.05, 0) is 25.8 Å². The maximum atomic E-state index is 5.56. The van der Waals surface area contributed by atoms with Crippen LogP contribution in [0.2, 0.25) is 0 Å². The third kappa shape index (κ3) is 2.42. The maximum Gasteiger partial charge on any atom is 0.144 e. The van der Waals surface area contributed by atoms with Gasteiger partial charge in [-0.25, -0.2) is 9.97 Å². The van der Waals surface area contributed by atoms with Crippen molar-refractivity contribution in [1.82, 2.24) is 24.7 Å². The number of H-pyrrole nitrogens is 1. The zero-order valence-corrected chi connectivity index (χ0v) is 14.0. The van der Waals surface area contributed by atoms with Crippen LogP contribution in [0.25, 0.3) is 22.1 Å². The van der Waals surface area contributed by atoms with Gasteiger partial charge in [0.15, 0.2) is 0 Å². The Kier molecular flexibility index (Phi) is 3.34. The number of nitrogens with zero attached hydrogens (tertiary/aromatic N) is 4. The Labute approximate surface area is 144 Å². The van der Waals surface area contributed by atoms with Crippen LogP contribution in [0.5, 0.6) is 0 Å². The highest BCUT2D eigenvalue weighted by molar-refractivity contribution is 6.01. The van der Waals surface area contributed by atoms with Gasteiger partial charge < -0.3 is 18.8 Å². The molecule has 7 nitrogen and oxygen atoms in total. The predicted octanol–water partition coefficient (Wildman–Crippen LogP) is 3.15. The summed E-state index contributed by atoms with van der Waals surface area (Å²) in [4.78, 5) is 12.6. The first kappa shape index (κ1) is 14.7. The summed E-state index contributed by atoms with van der Waals surface area (Å²) in [5, 5.41) is 5.11. The van der Waals surface area contributed by atoms with Gasteiger partial charge >= 0.3 is 0 Å². The second kappa shape index (κ2) is 5.70. The number of fused-ring (bicyclic) bond motifs is 3. The summed E-state index contributed by atoms with van der Waals surface area (Å²) in [5.74, 6) is 1.83. The SMILES string of the molecule is Cc1cc(Cc2nc3cnc4[nH]ccc4c3n2C2CCOCC2)on1. The fraction of sp³-hybridized carbons (Fsp3) is 0.389. The molecule has 7 heteroatoms. The van der Waals surface area contributed by atoms with E-state index >= 15 is 0 Å². The van der Waals surface area contributed by atoms with Crippen molar-refractivity contribution in [1.29, 1.82) is 0 Å². The molecule has 0 spiro atoms. The molecule has 4 aromatic heterocycles. The Morgan fingerprint density at radius 1 is 1.32 bits per heavy atom. The van der Waals surface area contributed by atoms with Gasteiger partial charge in [0.2, 0.25) is 0 Å². The molecule has 1 aliphatic heterocycles. The number of aromatic nitrogens is 5. The van der Waals surface area contributed by atoms with Crippen LogP contribution in [0, 0.1) is 6.92 Å². The number of nitrogens with one attached hydrogen (secondary N) is 1. The van der Waals surface area contributed by atoms with Crippen molar-refractivity contribution in [3.63, 3.8) is 0 Å². The van der Waals surface area contributed by atoms with E-state index < -0.39 is 0 Å². The number of hydrogen-bond acceptors (Lipinski definition) is 5. The molecule has 0 atom stereocenters. The molecular formula is C18H19N5O2. The summed E-state index contributed by atoms with van der Waals surface area (Å²) in [6.07, 6.45) is 6.38. The lowest BCUT2D eigenvalue weighted by Gasteiger charge is -2.25. The molecule has 5 heterocycles. The normalized spacial score (nSPS) is 16.2. The molecule has 0 aromatic carbocycles. The fourth-order valence-electron chi connectivity index (χ4n) is 3.76. The minimum Gasteiger partial charge on any atom is -0.381 e. The van der Waals surface area contributed by atoms with E-state index in [1.165, 1.54) is 0 Å². The highest BCUT2D eigenvalue weighted by Crippen LogP contribution is 2.32. The average Bonchev–Trinajstić information content (AvgIpc) is 3.33. The van der Waals surface area contributed by atoms with Crippen LogP contribution < -0.4 is 0 Å². The molecule has 128 valence electrons. The van der Waals surface area contributed by atoms with Gasteiger partial charge in [0, 0.05) is 36.9 Å². The van der Waals surface area contributed by atoms with E-state index in [2.05, 4.69) is 25.8 Å². The summed E-state index contributed by atoms with van der Waals surface area (Å²) >= 11 is 0. The topological polar surface area (TPSA) is 81.8 Å². The first-order valence-electron chi connectivity index (χ1n) is 8.62. The van der Waals surface area contributed by atoms with Crippen LogP contribution in [-0.4, -0.2) is 37.9 Å². The zero-order valence-electron chi connectivity index (χ0n) is 14.0. The monoisotopic (exact) mass is 337 g/mol. The number of imidazole rings is 1. The zero-order chi connectivity index (χ0) is 16.8. The summed E-state index contributed by atoms with van der Waals surface area (Å²) in [7, 11) is 0. The molecule has 1 fully saturated rings. The largest absolute Gasteiger partial charge is 0.381 e. The minimum absolute atomic E-state index is 0.373. The lowest BCUT2D eigenvalue weighted by molar-refractivity contribution is 0.0699. The molecule has 0 bridgehead atoms. The smallest absolute Gasteiger partial charge is 0.144 e. The molecule has 4 aromatic rings. The number of pyridine rings is 1. The van der Waals surface area contributed by atoms with Crippen LogP contribution in [0.1, 0.15) is 36.2 Å². The number of hydrogen-bond donors (Lipinski definition) is 1. The Hall–Kier alpha value is -2.67. The molecule has 1 N–H and O–H groups in total. The van der Waals surface area contributed by atoms with Crippen LogP contribution in [0.15, 0.2) is 29.0 Å². The Balaban J connectivity index is 1.71. The first-order chi connectivity index (χ1) is 12.3. The maximum absolute atomic E-state index is 5.56. The fourth-order valence-corrected chi connectivity index (χ4v) is 3.76. The van der Waals surface area contributed by atoms with Gasteiger partial charge in [-0.15, -0.1) is 0 Å². The first-order valence-corrected chi connectivity index (χ1v) is 8.62. The van der Waals surface area contributed by atoms with Crippen molar-refractivity contribution >= 4 is 22.1 Å². The van der Waals surface area contributed by atoms with E-state index in [0.29, 0.717) is 12.5 Å². The average molecular weight is 337 g/mol. The van der Waals surface area contributed by atoms with E-state index in [0.717, 1.165) is 65.4 Å². The van der Waals surface area contributed by atoms with Crippen molar-refractivity contribution in [3.05, 3.63) is 41.8 Å². The van der Waals surface area contributed by atoms with Crippen molar-refractivity contribution < 1.29 is 9.26 Å². The highest BCUT2D eigenvalue weighted by atomic mass is 16.5. The van der Waals surface area contributed by atoms with Crippen molar-refractivity contribution in [2.45, 2.75) is 32.2 Å². The molecule has 1 aliphatic rings. The van der Waals surface area contributed by atoms with Gasteiger partial charge in [0.25, 0.3) is 0 Å². The molecule has 0 amide bonds. The minimum atomic E-state index is 0.373. The van der Waals surface area contributed by atoms with E-state index in [9.17, 15) is 0 Å². The number of aromatic amines is 1. The number of ether oxygens (including phenoxy) is 1. The Bertz CT molecular complexity index is 1040. The Morgan fingerprint density at radius 3 is 3.00 bits per heavy atom. The molecule has 0 saturated carbocycles. The highest BCUT2D eigenvalue weighted by Gasteiger charge is 2.24. The summed E-state index contributed by atoms with van der Waals surface area (Å²) < 4.78 is 13.4. The lowest BCUT2D eigenvalue weighted by atomic mass is 10.1. The summed E-state index contributed by atoms with van der Waals surface area (Å²) in [6.45, 7) is 3.50. The molecule has 0 unspecified atom stereocenters. The van der Waals surface area contributed by atoms with Crippen LogP contribution in [0.4, 0.5) is 0 Å². The molecular weight excluding hydrogens is 318 g/mol. The molecule has 5 rings (SSSR count). The van der Waals surface area contributed by atoms with Crippen LogP contribution >= 0.6 is 0 Å². The predicted molar refractivity (Wildman–Crippen MR) is 92.5 cm³/mol. The van der Waals surface area contributed by atoms with Gasteiger partial charge in [-0.2, -0.15) is 0 Å². The van der Waals surface area contributed by atoms with Gasteiger partial charge in [0.05, 0.1) is 23.8 Å². The summed E-state index contributed by atoms with van der Waals surface area (Å²) in [5.41, 5.74) is 3.84. The summed E-state index contributed by atoms with van der Waals surface area (Å²) in [6, 6.07) is 4.42. The van der Waals surface area contributed by atoms with Crippen molar-refractivity contribution in [2.75, 3.05) is 13.2 Å². The van der Waals surface area contributed by atoms with E-state index in [4.69, 9.17) is 14.2 Å². The van der Waals surface area contributed by atoms with Crippen molar-refractivity contribution in [2.24, 2.45) is 0 Å². The second-order valence-electron chi connectivity index (χ2n) is 6.58. The third-order valence-electron chi connectivity index (χ3n) is 4.87. The molecule has 1 saturated heterocycles. The molecule has 0 aliphatic carbocycles. The van der Waals surface area contributed by atoms with Gasteiger partial charge in [-0.1, -0.05) is 5.16 Å². The Morgan fingerprint density at radius 2 is 2.20 bits per heavy atom. The van der Waals surface area contributed by atoms with Crippen LogP contribution in [0.3, 0.4) is 0 Å². The third-order valence-corrected chi connectivity index (χ3v) is 4.87. The van der Waals surface area contributed by atoms with Crippen molar-refractivity contribution in [3.8, 4) is 0 Å². The number of rotatable bonds is 3. The van der Waals surface area contributed by atoms with Gasteiger partial charge in [-0.3, -0.25) is 0 Å². The quantitative estimate of drug-likeness (QED) is 0.621. The molecule has 0 radical (unpaired) electrons. The van der Waals surface area contributed by atoms with Gasteiger partial charge in [0.1, 0.15) is 22.7 Å². The lowest BCUT2D eigenvalue weighted by Crippen LogP contribution is -2.21. The number of aryl methyl sites for hydroxylation is 1. The second-order valence-corrected chi connectivity index (χ2v) is 6.58. The standard InChI is InChI=1S/C18H19N5O2/c1-11-8-13(25-22-11)9-16-21-15-10-20-18-14(2-5-19-18)17(15)23(16)12-3-6-24-7-4-12/h2,5,8,10,12H,3-4,6-7,9H2,1H3,(H,19,20). The van der Waals surface area contributed by atoms with E-state index in [-0.39, 0.29) is 0 Å².